The van der Waals surface area contributed by atoms with Crippen LogP contribution in [0, 0.1) is 13.8 Å². The van der Waals surface area contributed by atoms with Gasteiger partial charge in [-0.1, -0.05) is 42.0 Å². The molecule has 2 aromatic carbocycles. The fourth-order valence-electron chi connectivity index (χ4n) is 2.01. The van der Waals surface area contributed by atoms with Gasteiger partial charge in [0.2, 0.25) is 0 Å². The molecule has 2 heteroatoms. The molecule has 0 saturated heterocycles. The summed E-state index contributed by atoms with van der Waals surface area (Å²) in [6.07, 6.45) is 1.77. The fourth-order valence-corrected chi connectivity index (χ4v) is 2.01. The van der Waals surface area contributed by atoms with Crippen LogP contribution in [0.15, 0.2) is 49.0 Å². The molecule has 2 rings (SSSR count). The van der Waals surface area contributed by atoms with Crippen LogP contribution in [0.2, 0.25) is 0 Å². The second-order valence-corrected chi connectivity index (χ2v) is 4.66. The second kappa shape index (κ2) is 5.53. The first-order valence-electron chi connectivity index (χ1n) is 6.20. The monoisotopic (exact) mass is 251 g/mol. The second-order valence-electron chi connectivity index (χ2n) is 4.66. The van der Waals surface area contributed by atoms with E-state index in [0.717, 1.165) is 22.4 Å². The molecule has 0 aromatic heterocycles. The quantitative estimate of drug-likeness (QED) is 0.870. The summed E-state index contributed by atoms with van der Waals surface area (Å²) in [6, 6.07) is 13.4. The number of rotatable bonds is 3. The molecule has 19 heavy (non-hydrogen) atoms. The topological polar surface area (TPSA) is 29.1 Å². The van der Waals surface area contributed by atoms with Crippen molar-refractivity contribution in [3.05, 3.63) is 71.3 Å². The Morgan fingerprint density at radius 3 is 2.16 bits per heavy atom. The van der Waals surface area contributed by atoms with Gasteiger partial charge in [0, 0.05) is 11.3 Å². The van der Waals surface area contributed by atoms with Crippen molar-refractivity contribution in [3.63, 3.8) is 0 Å². The zero-order valence-corrected chi connectivity index (χ0v) is 11.2. The predicted molar refractivity (Wildman–Crippen MR) is 80.4 cm³/mol. The van der Waals surface area contributed by atoms with Crippen LogP contribution in [-0.4, -0.2) is 5.91 Å². The number of anilines is 1. The van der Waals surface area contributed by atoms with Gasteiger partial charge in [-0.2, -0.15) is 0 Å². The molecule has 0 fully saturated rings. The summed E-state index contributed by atoms with van der Waals surface area (Å²) >= 11 is 0. The molecule has 96 valence electrons. The summed E-state index contributed by atoms with van der Waals surface area (Å²) in [5.74, 6) is -0.0850. The predicted octanol–water partition coefficient (Wildman–Crippen LogP) is 4.20. The molecule has 0 unspecified atom stereocenters. The molecular formula is C17H17NO. The first-order valence-corrected chi connectivity index (χ1v) is 6.20. The summed E-state index contributed by atoms with van der Waals surface area (Å²) in [4.78, 5) is 12.1. The van der Waals surface area contributed by atoms with E-state index in [1.54, 1.807) is 6.08 Å². The Balaban J connectivity index is 2.17. The summed E-state index contributed by atoms with van der Waals surface area (Å²) in [6.45, 7) is 7.68. The van der Waals surface area contributed by atoms with E-state index in [2.05, 4.69) is 18.0 Å². The van der Waals surface area contributed by atoms with Crippen molar-refractivity contribution in [2.24, 2.45) is 0 Å². The maximum absolute atomic E-state index is 12.1. The highest BCUT2D eigenvalue weighted by Gasteiger charge is 2.06. The Hall–Kier alpha value is -2.35. The van der Waals surface area contributed by atoms with Crippen LogP contribution in [0.3, 0.4) is 0 Å². The van der Waals surface area contributed by atoms with E-state index >= 15 is 0 Å². The maximum Gasteiger partial charge on any atom is 0.255 e. The third-order valence-corrected chi connectivity index (χ3v) is 2.89. The Labute approximate surface area is 113 Å². The summed E-state index contributed by atoms with van der Waals surface area (Å²) < 4.78 is 0. The minimum atomic E-state index is -0.0850. The number of hydrogen-bond donors (Lipinski definition) is 1. The highest BCUT2D eigenvalue weighted by molar-refractivity contribution is 6.04. The van der Waals surface area contributed by atoms with Crippen molar-refractivity contribution in [2.45, 2.75) is 13.8 Å². The van der Waals surface area contributed by atoms with Crippen LogP contribution in [0.4, 0.5) is 5.69 Å². The van der Waals surface area contributed by atoms with Gasteiger partial charge in [0.1, 0.15) is 0 Å². The average molecular weight is 251 g/mol. The van der Waals surface area contributed by atoms with Gasteiger partial charge >= 0.3 is 0 Å². The highest BCUT2D eigenvalue weighted by atomic mass is 16.1. The van der Waals surface area contributed by atoms with Crippen LogP contribution in [0.5, 0.6) is 0 Å². The van der Waals surface area contributed by atoms with Gasteiger partial charge in [0.25, 0.3) is 5.91 Å². The Bertz CT molecular complexity index is 591. The first kappa shape index (κ1) is 13.1. The van der Waals surface area contributed by atoms with Gasteiger partial charge in [-0.25, -0.2) is 0 Å². The molecule has 0 atom stereocenters. The van der Waals surface area contributed by atoms with Gasteiger partial charge in [-0.3, -0.25) is 4.79 Å². The minimum Gasteiger partial charge on any atom is -0.322 e. The molecule has 2 aromatic rings. The number of carbonyl (C=O) groups is 1. The van der Waals surface area contributed by atoms with Gasteiger partial charge in [0.05, 0.1) is 0 Å². The van der Waals surface area contributed by atoms with Crippen molar-refractivity contribution >= 4 is 17.7 Å². The molecule has 1 amide bonds. The highest BCUT2D eigenvalue weighted by Crippen LogP contribution is 2.14. The molecule has 0 aliphatic carbocycles. The van der Waals surface area contributed by atoms with Crippen LogP contribution >= 0.6 is 0 Å². The lowest BCUT2D eigenvalue weighted by atomic mass is 10.1. The minimum absolute atomic E-state index is 0.0850. The number of benzene rings is 2. The average Bonchev–Trinajstić information content (AvgIpc) is 2.38. The molecule has 0 radical (unpaired) electrons. The van der Waals surface area contributed by atoms with E-state index in [-0.39, 0.29) is 5.91 Å². The lowest BCUT2D eigenvalue weighted by Gasteiger charge is -2.07. The zero-order chi connectivity index (χ0) is 13.8. The lowest BCUT2D eigenvalue weighted by molar-refractivity contribution is 0.102. The molecule has 0 spiro atoms. The molecule has 2 nitrogen and oxygen atoms in total. The molecule has 0 aliphatic rings. The molecule has 0 heterocycles. The lowest BCUT2D eigenvalue weighted by Crippen LogP contribution is -2.12. The van der Waals surface area contributed by atoms with E-state index in [0.29, 0.717) is 5.56 Å². The third-order valence-electron chi connectivity index (χ3n) is 2.89. The van der Waals surface area contributed by atoms with Crippen molar-refractivity contribution in [3.8, 4) is 0 Å². The van der Waals surface area contributed by atoms with Crippen LogP contribution < -0.4 is 5.32 Å². The van der Waals surface area contributed by atoms with Gasteiger partial charge in [0.15, 0.2) is 0 Å². The molecule has 0 bridgehead atoms. The number of hydrogen-bond acceptors (Lipinski definition) is 1. The van der Waals surface area contributed by atoms with Gasteiger partial charge in [-0.15, -0.1) is 0 Å². The summed E-state index contributed by atoms with van der Waals surface area (Å²) in [7, 11) is 0. The van der Waals surface area contributed by atoms with Crippen LogP contribution in [0.25, 0.3) is 6.08 Å². The number of amides is 1. The van der Waals surface area contributed by atoms with Crippen LogP contribution in [-0.2, 0) is 0 Å². The molecule has 0 aliphatic heterocycles. The maximum atomic E-state index is 12.1. The first-order chi connectivity index (χ1) is 9.08. The van der Waals surface area contributed by atoms with Gasteiger partial charge < -0.3 is 5.32 Å². The SMILES string of the molecule is C=Cc1ccc(NC(=O)c2cc(C)cc(C)c2)cc1. The largest absolute Gasteiger partial charge is 0.322 e. The van der Waals surface area contributed by atoms with E-state index < -0.39 is 0 Å². The third kappa shape index (κ3) is 3.32. The van der Waals surface area contributed by atoms with E-state index in [1.165, 1.54) is 0 Å². The summed E-state index contributed by atoms with van der Waals surface area (Å²) in [5, 5.41) is 2.89. The fraction of sp³-hybridized carbons (Fsp3) is 0.118. The smallest absolute Gasteiger partial charge is 0.255 e. The summed E-state index contributed by atoms with van der Waals surface area (Å²) in [5.41, 5.74) is 4.68. The standard InChI is InChI=1S/C17H17NO/c1-4-14-5-7-16(8-6-14)18-17(19)15-10-12(2)9-13(3)11-15/h4-11H,1H2,2-3H3,(H,18,19). The van der Waals surface area contributed by atoms with E-state index in [4.69, 9.17) is 0 Å². The molecular weight excluding hydrogens is 234 g/mol. The van der Waals surface area contributed by atoms with E-state index in [9.17, 15) is 4.79 Å². The Morgan fingerprint density at radius 2 is 1.63 bits per heavy atom. The number of carbonyl (C=O) groups excluding carboxylic acids is 1. The zero-order valence-electron chi connectivity index (χ0n) is 11.2. The number of nitrogens with one attached hydrogen (secondary N) is 1. The Kier molecular flexibility index (Phi) is 3.81. The number of aryl methyl sites for hydroxylation is 2. The normalized spacial score (nSPS) is 10.0. The van der Waals surface area contributed by atoms with E-state index in [1.807, 2.05) is 50.2 Å². The van der Waals surface area contributed by atoms with Crippen molar-refractivity contribution in [2.75, 3.05) is 5.32 Å². The van der Waals surface area contributed by atoms with Crippen LogP contribution in [0.1, 0.15) is 27.0 Å². The van der Waals surface area contributed by atoms with Gasteiger partial charge in [-0.05, 0) is 43.7 Å². The van der Waals surface area contributed by atoms with Crippen molar-refractivity contribution in [1.29, 1.82) is 0 Å². The Morgan fingerprint density at radius 1 is 1.05 bits per heavy atom. The molecule has 1 N–H and O–H groups in total. The molecule has 0 saturated carbocycles. The van der Waals surface area contributed by atoms with Crippen molar-refractivity contribution < 1.29 is 4.79 Å². The van der Waals surface area contributed by atoms with Crippen molar-refractivity contribution in [1.82, 2.24) is 0 Å².